The number of methoxy groups -OCH3 is 1. The van der Waals surface area contributed by atoms with Crippen LogP contribution in [0.1, 0.15) is 0 Å². The van der Waals surface area contributed by atoms with Crippen LogP contribution in [0.15, 0.2) is 110 Å². The van der Waals surface area contributed by atoms with Crippen molar-refractivity contribution in [3.63, 3.8) is 0 Å². The molecule has 8 nitrogen and oxygen atoms in total. The third kappa shape index (κ3) is 5.89. The van der Waals surface area contributed by atoms with E-state index < -0.39 is 15.0 Å². The Labute approximate surface area is 213 Å². The fourth-order valence-electron chi connectivity index (χ4n) is 3.08. The number of azo groups is 2. The van der Waals surface area contributed by atoms with E-state index in [1.165, 1.54) is 19.2 Å². The van der Waals surface area contributed by atoms with Crippen molar-refractivity contribution in [3.8, 4) is 5.75 Å². The van der Waals surface area contributed by atoms with Crippen LogP contribution in [0.2, 0.25) is 0 Å². The number of hydrogen-bond donors (Lipinski definition) is 0. The SMILES string of the molecule is COc1ccc(N=Nc2ccc(N=Nc3ccccc3)c3ccccc23)cc1S(=O)(=O)[O-].[Na+]. The number of ether oxygens (including phenoxy) is 1. The Morgan fingerprint density at radius 2 is 1.24 bits per heavy atom. The smallest absolute Gasteiger partial charge is 0.744 e. The van der Waals surface area contributed by atoms with Crippen molar-refractivity contribution in [1.29, 1.82) is 0 Å². The molecule has 0 aliphatic carbocycles. The third-order valence-corrected chi connectivity index (χ3v) is 5.45. The van der Waals surface area contributed by atoms with Gasteiger partial charge in [0.05, 0.1) is 34.8 Å². The van der Waals surface area contributed by atoms with Crippen LogP contribution in [0, 0.1) is 0 Å². The van der Waals surface area contributed by atoms with Crippen molar-refractivity contribution in [3.05, 3.63) is 84.9 Å². The molecule has 0 aliphatic rings. The first-order valence-corrected chi connectivity index (χ1v) is 10.9. The van der Waals surface area contributed by atoms with Crippen molar-refractivity contribution >= 4 is 43.6 Å². The van der Waals surface area contributed by atoms with E-state index in [2.05, 4.69) is 20.5 Å². The van der Waals surface area contributed by atoms with Gasteiger partial charge >= 0.3 is 29.6 Å². The normalized spacial score (nSPS) is 11.7. The molecule has 4 aromatic rings. The maximum absolute atomic E-state index is 11.5. The average molecular weight is 468 g/mol. The summed E-state index contributed by atoms with van der Waals surface area (Å²) in [5.41, 5.74) is 2.18. The minimum Gasteiger partial charge on any atom is -0.744 e. The Bertz CT molecular complexity index is 1440. The van der Waals surface area contributed by atoms with Crippen LogP contribution >= 0.6 is 0 Å². The molecule has 0 bridgehead atoms. The first-order chi connectivity index (χ1) is 15.5. The quantitative estimate of drug-likeness (QED) is 0.244. The van der Waals surface area contributed by atoms with Gasteiger partial charge in [-0.1, -0.05) is 42.5 Å². The van der Waals surface area contributed by atoms with E-state index in [1.807, 2.05) is 54.6 Å². The van der Waals surface area contributed by atoms with Gasteiger partial charge in [0.1, 0.15) is 15.9 Å². The monoisotopic (exact) mass is 468 g/mol. The number of nitrogens with zero attached hydrogens (tertiary/aromatic N) is 4. The first-order valence-electron chi connectivity index (χ1n) is 9.50. The van der Waals surface area contributed by atoms with E-state index in [4.69, 9.17) is 4.74 Å². The average Bonchev–Trinajstić information content (AvgIpc) is 2.81. The second kappa shape index (κ2) is 10.8. The van der Waals surface area contributed by atoms with Crippen LogP contribution in [0.4, 0.5) is 22.7 Å². The van der Waals surface area contributed by atoms with Crippen molar-refractivity contribution < 1.29 is 47.3 Å². The molecule has 4 rings (SSSR count). The van der Waals surface area contributed by atoms with Crippen LogP contribution in [0.25, 0.3) is 10.8 Å². The zero-order valence-corrected chi connectivity index (χ0v) is 20.7. The summed E-state index contributed by atoms with van der Waals surface area (Å²) in [5.74, 6) is -0.0440. The maximum atomic E-state index is 11.5. The molecule has 33 heavy (non-hydrogen) atoms. The van der Waals surface area contributed by atoms with Crippen LogP contribution in [0.3, 0.4) is 0 Å². The second-order valence-electron chi connectivity index (χ2n) is 6.67. The van der Waals surface area contributed by atoms with E-state index in [1.54, 1.807) is 12.1 Å². The Hall–Kier alpha value is -2.95. The van der Waals surface area contributed by atoms with Crippen molar-refractivity contribution in [2.45, 2.75) is 4.90 Å². The molecule has 0 unspecified atom stereocenters. The standard InChI is InChI=1S/C23H18N4O4S.Na/c1-31-22-14-11-17(15-23(22)32(28,29)30)25-27-21-13-12-20(18-9-5-6-10-19(18)21)26-24-16-7-3-2-4-8-16;/h2-15H,1H3,(H,28,29,30);/q;+1/p-1. The summed E-state index contributed by atoms with van der Waals surface area (Å²) in [6, 6.07) is 24.5. The number of benzene rings is 4. The van der Waals surface area contributed by atoms with Gasteiger partial charge in [0.2, 0.25) is 0 Å². The predicted molar refractivity (Wildman–Crippen MR) is 120 cm³/mol. The van der Waals surface area contributed by atoms with Gasteiger partial charge in [0.25, 0.3) is 0 Å². The molecule has 10 heteroatoms. The minimum atomic E-state index is -4.72. The summed E-state index contributed by atoms with van der Waals surface area (Å²) < 4.78 is 39.4. The van der Waals surface area contributed by atoms with Crippen LogP contribution in [0.5, 0.6) is 5.75 Å². The molecule has 0 spiro atoms. The van der Waals surface area contributed by atoms with Gasteiger partial charge in [-0.3, -0.25) is 0 Å². The maximum Gasteiger partial charge on any atom is 1.00 e. The molecule has 0 heterocycles. The van der Waals surface area contributed by atoms with E-state index >= 15 is 0 Å². The van der Waals surface area contributed by atoms with Gasteiger partial charge in [-0.25, -0.2) is 8.42 Å². The summed E-state index contributed by atoms with van der Waals surface area (Å²) >= 11 is 0. The molecule has 4 aromatic carbocycles. The molecular weight excluding hydrogens is 451 g/mol. The van der Waals surface area contributed by atoms with Crippen molar-refractivity contribution in [2.24, 2.45) is 20.5 Å². The largest absolute Gasteiger partial charge is 1.00 e. The second-order valence-corrected chi connectivity index (χ2v) is 8.02. The van der Waals surface area contributed by atoms with Gasteiger partial charge in [-0.15, -0.1) is 10.2 Å². The van der Waals surface area contributed by atoms with E-state index in [9.17, 15) is 13.0 Å². The Kier molecular flexibility index (Phi) is 8.06. The van der Waals surface area contributed by atoms with Crippen LogP contribution in [-0.4, -0.2) is 20.1 Å². The van der Waals surface area contributed by atoms with Gasteiger partial charge < -0.3 is 9.29 Å². The Morgan fingerprint density at radius 1 is 0.697 bits per heavy atom. The van der Waals surface area contributed by atoms with Crippen LogP contribution in [-0.2, 0) is 10.1 Å². The third-order valence-electron chi connectivity index (χ3n) is 4.60. The van der Waals surface area contributed by atoms with Crippen molar-refractivity contribution in [1.82, 2.24) is 0 Å². The molecule has 160 valence electrons. The molecule has 0 fully saturated rings. The molecule has 0 aromatic heterocycles. The summed E-state index contributed by atoms with van der Waals surface area (Å²) in [4.78, 5) is -0.488. The minimum absolute atomic E-state index is 0. The Morgan fingerprint density at radius 3 is 1.79 bits per heavy atom. The zero-order chi connectivity index (χ0) is 22.6. The van der Waals surface area contributed by atoms with Crippen LogP contribution < -0.4 is 34.3 Å². The van der Waals surface area contributed by atoms with Gasteiger partial charge in [-0.2, -0.15) is 10.2 Å². The molecule has 0 radical (unpaired) electrons. The fourth-order valence-corrected chi connectivity index (χ4v) is 3.75. The van der Waals surface area contributed by atoms with Gasteiger partial charge in [0, 0.05) is 10.8 Å². The fraction of sp³-hybridized carbons (Fsp3) is 0.0435. The molecule has 0 amide bonds. The zero-order valence-electron chi connectivity index (χ0n) is 17.9. The molecule has 0 aliphatic heterocycles. The van der Waals surface area contributed by atoms with Gasteiger partial charge in [0.15, 0.2) is 0 Å². The van der Waals surface area contributed by atoms with Crippen molar-refractivity contribution in [2.75, 3.05) is 7.11 Å². The first kappa shape index (κ1) is 24.7. The molecule has 0 saturated heterocycles. The molecule has 0 saturated carbocycles. The number of hydrogen-bond acceptors (Lipinski definition) is 8. The summed E-state index contributed by atoms with van der Waals surface area (Å²) in [6.07, 6.45) is 0. The van der Waals surface area contributed by atoms with E-state index in [0.717, 1.165) is 22.5 Å². The molecule has 0 atom stereocenters. The van der Waals surface area contributed by atoms with Gasteiger partial charge in [-0.05, 0) is 42.5 Å². The van der Waals surface area contributed by atoms with E-state index in [0.29, 0.717) is 11.4 Å². The molecular formula is C23H17N4NaO4S. The van der Waals surface area contributed by atoms with E-state index in [-0.39, 0.29) is 41.0 Å². The number of rotatable bonds is 6. The predicted octanol–water partition coefficient (Wildman–Crippen LogP) is 3.59. The topological polar surface area (TPSA) is 116 Å². The summed E-state index contributed by atoms with van der Waals surface area (Å²) in [6.45, 7) is 0. The summed E-state index contributed by atoms with van der Waals surface area (Å²) in [7, 11) is -3.43. The molecule has 0 N–H and O–H groups in total. The number of fused-ring (bicyclic) bond motifs is 1. The summed E-state index contributed by atoms with van der Waals surface area (Å²) in [5, 5.41) is 18.6. The Balaban J connectivity index is 0.00000306.